The maximum absolute atomic E-state index is 13.7. The number of rotatable bonds is 7. The molecule has 1 N–H and O–H groups in total. The standard InChI is InChI=1S/C22H20ClFN2O3S/c23-18-10-15(29-12-14-4-1-2-6-19(14)24)7-8-17(18)22-26-20(13-30-22)21(27)25-11-16-5-3-9-28-16/h1-2,4,6-8,10,13,16H,3,5,9,11-12H2,(H,25,27). The third-order valence-corrected chi connectivity index (χ3v) is 5.96. The Morgan fingerprint density at radius 3 is 2.97 bits per heavy atom. The Labute approximate surface area is 182 Å². The molecule has 1 saturated heterocycles. The number of amides is 1. The second-order valence-corrected chi connectivity index (χ2v) is 8.17. The highest BCUT2D eigenvalue weighted by Crippen LogP contribution is 2.33. The van der Waals surface area contributed by atoms with Gasteiger partial charge in [-0.3, -0.25) is 4.79 Å². The summed E-state index contributed by atoms with van der Waals surface area (Å²) in [6.07, 6.45) is 2.07. The number of aromatic nitrogens is 1. The number of halogens is 2. The number of thiazole rings is 1. The minimum atomic E-state index is -0.312. The maximum atomic E-state index is 13.7. The van der Waals surface area contributed by atoms with E-state index in [2.05, 4.69) is 10.3 Å². The predicted molar refractivity (Wildman–Crippen MR) is 115 cm³/mol. The van der Waals surface area contributed by atoms with E-state index in [-0.39, 0.29) is 24.4 Å². The number of nitrogens with zero attached hydrogens (tertiary/aromatic N) is 1. The molecule has 5 nitrogen and oxygen atoms in total. The smallest absolute Gasteiger partial charge is 0.270 e. The molecule has 1 aliphatic rings. The minimum Gasteiger partial charge on any atom is -0.489 e. The Balaban J connectivity index is 1.39. The first kappa shape index (κ1) is 20.8. The summed E-state index contributed by atoms with van der Waals surface area (Å²) < 4.78 is 24.9. The van der Waals surface area contributed by atoms with Gasteiger partial charge in [0, 0.05) is 29.7 Å². The van der Waals surface area contributed by atoms with Crippen LogP contribution in [-0.2, 0) is 11.3 Å². The van der Waals surface area contributed by atoms with E-state index in [4.69, 9.17) is 21.1 Å². The summed E-state index contributed by atoms with van der Waals surface area (Å²) in [6.45, 7) is 1.34. The fourth-order valence-corrected chi connectivity index (χ4v) is 4.29. The number of carbonyl (C=O) groups excluding carboxylic acids is 1. The first-order valence-corrected chi connectivity index (χ1v) is 10.9. The summed E-state index contributed by atoms with van der Waals surface area (Å²) in [5.74, 6) is -0.0136. The molecule has 1 atom stereocenters. The van der Waals surface area contributed by atoms with E-state index < -0.39 is 0 Å². The van der Waals surface area contributed by atoms with E-state index >= 15 is 0 Å². The van der Waals surface area contributed by atoms with Crippen molar-refractivity contribution in [2.45, 2.75) is 25.6 Å². The summed E-state index contributed by atoms with van der Waals surface area (Å²) in [7, 11) is 0. The third kappa shape index (κ3) is 4.98. The molecule has 1 aliphatic heterocycles. The van der Waals surface area contributed by atoms with Gasteiger partial charge in [-0.05, 0) is 37.1 Å². The van der Waals surface area contributed by atoms with Crippen molar-refractivity contribution in [3.05, 3.63) is 69.9 Å². The molecular weight excluding hydrogens is 427 g/mol. The topological polar surface area (TPSA) is 60.5 Å². The molecule has 4 rings (SSSR count). The Morgan fingerprint density at radius 2 is 2.20 bits per heavy atom. The molecule has 0 bridgehead atoms. The maximum Gasteiger partial charge on any atom is 0.270 e. The molecular formula is C22H20ClFN2O3S. The molecule has 30 heavy (non-hydrogen) atoms. The summed E-state index contributed by atoms with van der Waals surface area (Å²) in [5, 5.41) is 5.66. The van der Waals surface area contributed by atoms with Crippen LogP contribution in [0.5, 0.6) is 5.75 Å². The Kier molecular flexibility index (Phi) is 6.62. The van der Waals surface area contributed by atoms with Gasteiger partial charge in [0.05, 0.1) is 11.1 Å². The third-order valence-electron chi connectivity index (χ3n) is 4.77. The van der Waals surface area contributed by atoms with Crippen molar-refractivity contribution in [2.75, 3.05) is 13.2 Å². The predicted octanol–water partition coefficient (Wildman–Crippen LogP) is 5.09. The van der Waals surface area contributed by atoms with Crippen molar-refractivity contribution in [3.8, 4) is 16.3 Å². The number of hydrogen-bond acceptors (Lipinski definition) is 5. The quantitative estimate of drug-likeness (QED) is 0.549. The van der Waals surface area contributed by atoms with E-state index in [1.165, 1.54) is 17.4 Å². The molecule has 1 fully saturated rings. The summed E-state index contributed by atoms with van der Waals surface area (Å²) >= 11 is 7.75. The lowest BCUT2D eigenvalue weighted by molar-refractivity contribution is 0.0854. The Hall–Kier alpha value is -2.48. The summed E-state index contributed by atoms with van der Waals surface area (Å²) in [4.78, 5) is 16.7. The summed E-state index contributed by atoms with van der Waals surface area (Å²) in [5.41, 5.74) is 1.53. The highest BCUT2D eigenvalue weighted by atomic mass is 35.5. The fraction of sp³-hybridized carbons (Fsp3) is 0.273. The van der Waals surface area contributed by atoms with Crippen molar-refractivity contribution in [1.29, 1.82) is 0 Å². The molecule has 2 heterocycles. The van der Waals surface area contributed by atoms with Crippen LogP contribution in [0.3, 0.4) is 0 Å². The highest BCUT2D eigenvalue weighted by molar-refractivity contribution is 7.13. The average Bonchev–Trinajstić information content (AvgIpc) is 3.44. The van der Waals surface area contributed by atoms with Gasteiger partial charge in [0.25, 0.3) is 5.91 Å². The number of benzene rings is 2. The first-order valence-electron chi connectivity index (χ1n) is 9.61. The second-order valence-electron chi connectivity index (χ2n) is 6.90. The van der Waals surface area contributed by atoms with Crippen molar-refractivity contribution in [1.82, 2.24) is 10.3 Å². The second kappa shape index (κ2) is 9.55. The lowest BCUT2D eigenvalue weighted by Gasteiger charge is -2.09. The van der Waals surface area contributed by atoms with Gasteiger partial charge >= 0.3 is 0 Å². The van der Waals surface area contributed by atoms with Gasteiger partial charge in [-0.15, -0.1) is 11.3 Å². The molecule has 0 spiro atoms. The lowest BCUT2D eigenvalue weighted by Crippen LogP contribution is -2.31. The van der Waals surface area contributed by atoms with Crippen molar-refractivity contribution in [2.24, 2.45) is 0 Å². The SMILES string of the molecule is O=C(NCC1CCCO1)c1csc(-c2ccc(OCc3ccccc3F)cc2Cl)n1. The van der Waals surface area contributed by atoms with E-state index in [0.717, 1.165) is 19.4 Å². The van der Waals surface area contributed by atoms with Gasteiger partial charge < -0.3 is 14.8 Å². The largest absolute Gasteiger partial charge is 0.489 e. The van der Waals surface area contributed by atoms with Gasteiger partial charge in [0.2, 0.25) is 0 Å². The van der Waals surface area contributed by atoms with Gasteiger partial charge in [0.15, 0.2) is 0 Å². The van der Waals surface area contributed by atoms with Crippen LogP contribution in [0, 0.1) is 5.82 Å². The zero-order valence-electron chi connectivity index (χ0n) is 16.1. The van der Waals surface area contributed by atoms with E-state index in [0.29, 0.717) is 39.1 Å². The molecule has 8 heteroatoms. The molecule has 1 unspecified atom stereocenters. The van der Waals surface area contributed by atoms with Crippen LogP contribution in [0.2, 0.25) is 5.02 Å². The molecule has 0 saturated carbocycles. The van der Waals surface area contributed by atoms with Gasteiger partial charge in [-0.2, -0.15) is 0 Å². The number of ether oxygens (including phenoxy) is 2. The molecule has 3 aromatic rings. The first-order chi connectivity index (χ1) is 14.6. The van der Waals surface area contributed by atoms with Crippen LogP contribution in [0.25, 0.3) is 10.6 Å². The van der Waals surface area contributed by atoms with Crippen molar-refractivity contribution in [3.63, 3.8) is 0 Å². The molecule has 0 aliphatic carbocycles. The molecule has 1 amide bonds. The van der Waals surface area contributed by atoms with E-state index in [1.54, 1.807) is 41.8 Å². The zero-order chi connectivity index (χ0) is 20.9. The number of nitrogens with one attached hydrogen (secondary N) is 1. The Morgan fingerprint density at radius 1 is 1.33 bits per heavy atom. The van der Waals surface area contributed by atoms with E-state index in [1.807, 2.05) is 0 Å². The molecule has 1 aromatic heterocycles. The van der Waals surface area contributed by atoms with Crippen LogP contribution in [0.1, 0.15) is 28.9 Å². The van der Waals surface area contributed by atoms with E-state index in [9.17, 15) is 9.18 Å². The number of carbonyl (C=O) groups is 1. The summed E-state index contributed by atoms with van der Waals surface area (Å²) in [6, 6.07) is 11.7. The van der Waals surface area contributed by atoms with Crippen molar-refractivity contribution >= 4 is 28.8 Å². The monoisotopic (exact) mass is 446 g/mol. The lowest BCUT2D eigenvalue weighted by atomic mass is 10.2. The average molecular weight is 447 g/mol. The van der Waals surface area contributed by atoms with Crippen molar-refractivity contribution < 1.29 is 18.7 Å². The van der Waals surface area contributed by atoms with Crippen LogP contribution in [0.4, 0.5) is 4.39 Å². The molecule has 0 radical (unpaired) electrons. The minimum absolute atomic E-state index is 0.0819. The van der Waals surface area contributed by atoms with Gasteiger partial charge in [-0.1, -0.05) is 29.8 Å². The fourth-order valence-electron chi connectivity index (χ4n) is 3.14. The van der Waals surface area contributed by atoms with Gasteiger partial charge in [0.1, 0.15) is 28.9 Å². The Bertz CT molecular complexity index is 1040. The van der Waals surface area contributed by atoms with Crippen LogP contribution in [-0.4, -0.2) is 30.1 Å². The van der Waals surface area contributed by atoms with Gasteiger partial charge in [-0.25, -0.2) is 9.37 Å². The highest BCUT2D eigenvalue weighted by Gasteiger charge is 2.18. The van der Waals surface area contributed by atoms with Crippen LogP contribution < -0.4 is 10.1 Å². The number of hydrogen-bond donors (Lipinski definition) is 1. The normalized spacial score (nSPS) is 15.9. The molecule has 2 aromatic carbocycles. The zero-order valence-corrected chi connectivity index (χ0v) is 17.6. The molecule has 156 valence electrons. The van der Waals surface area contributed by atoms with Crippen LogP contribution >= 0.6 is 22.9 Å². The van der Waals surface area contributed by atoms with Crippen LogP contribution in [0.15, 0.2) is 47.8 Å².